The van der Waals surface area contributed by atoms with E-state index in [4.69, 9.17) is 0 Å². The van der Waals surface area contributed by atoms with E-state index in [0.29, 0.717) is 0 Å². The molecule has 16 bridgehead atoms. The normalized spacial score (nSPS) is 12.2. The van der Waals surface area contributed by atoms with E-state index in [9.17, 15) is 0 Å². The van der Waals surface area contributed by atoms with Crippen LogP contribution in [-0.2, 0) is 42.1 Å². The van der Waals surface area contributed by atoms with Gasteiger partial charge in [0.2, 0.25) is 0 Å². The summed E-state index contributed by atoms with van der Waals surface area (Å²) < 4.78 is 0. The van der Waals surface area contributed by atoms with Gasteiger partial charge in [0, 0.05) is 86.3 Å². The van der Waals surface area contributed by atoms with Crippen molar-refractivity contribution in [1.29, 1.82) is 0 Å². The van der Waals surface area contributed by atoms with Crippen LogP contribution in [0.5, 0.6) is 0 Å². The summed E-state index contributed by atoms with van der Waals surface area (Å²) in [6, 6.07) is 32.8. The first-order valence-corrected chi connectivity index (χ1v) is 15.7. The maximum Gasteiger partial charge on any atom is 0.0659 e. The van der Waals surface area contributed by atoms with Crippen LogP contribution in [0.1, 0.15) is 45.6 Å². The van der Waals surface area contributed by atoms with Gasteiger partial charge in [-0.25, -0.2) is 19.9 Å². The second-order valence-electron chi connectivity index (χ2n) is 11.8. The molecule has 0 radical (unpaired) electrons. The molecule has 248 valence electrons. The van der Waals surface area contributed by atoms with Crippen LogP contribution in [-0.4, -0.2) is 39.9 Å². The fourth-order valence-electron chi connectivity index (χ4n) is 5.89. The number of nitrogens with zero attached hydrogens (tertiary/aromatic N) is 4. The van der Waals surface area contributed by atoms with E-state index >= 15 is 0 Å². The minimum Gasteiger partial charge on any atom is -0.355 e. The minimum absolute atomic E-state index is 0. The molecule has 0 saturated carbocycles. The second-order valence-corrected chi connectivity index (χ2v) is 11.8. The van der Waals surface area contributed by atoms with Crippen molar-refractivity contribution in [2.24, 2.45) is 0 Å². The Labute approximate surface area is 315 Å². The van der Waals surface area contributed by atoms with Crippen LogP contribution >= 0.6 is 0 Å². The molecule has 0 saturated heterocycles. The Morgan fingerprint density at radius 2 is 0.420 bits per heavy atom. The largest absolute Gasteiger partial charge is 0.355 e. The third-order valence-electron chi connectivity index (χ3n) is 8.08. The van der Waals surface area contributed by atoms with E-state index in [1.807, 2.05) is 85.0 Å². The Balaban J connectivity index is 0.000000151. The van der Waals surface area contributed by atoms with Gasteiger partial charge in [0.05, 0.1) is 45.6 Å². The van der Waals surface area contributed by atoms with Crippen LogP contribution in [0.4, 0.5) is 0 Å². The van der Waals surface area contributed by atoms with Crippen molar-refractivity contribution >= 4 is 92.7 Å². The van der Waals surface area contributed by atoms with Crippen LogP contribution in [0.2, 0.25) is 0 Å². The zero-order valence-electron chi connectivity index (χ0n) is 26.3. The summed E-state index contributed by atoms with van der Waals surface area (Å²) >= 11 is 0. The molecule has 0 spiro atoms. The number of nitrogens with one attached hydrogen (secondary N) is 4. The first kappa shape index (κ1) is 33.1. The molecule has 10 heterocycles. The second kappa shape index (κ2) is 14.2. The SMILES string of the molecule is C1=Cc2cc3ccc(cc4ccc(cc5nc(cc1n2)C=C5)[nH]4)[nH]3.C1=Cc2cc3ccc(cc4ccc(cc5nc(cc1n2)C=C5)[nH]4)[nH]3.[Pt].[Pt]. The predicted octanol–water partition coefficient (Wildman–Crippen LogP) is 9.31. The summed E-state index contributed by atoms with van der Waals surface area (Å²) in [6.45, 7) is 0. The summed E-state index contributed by atoms with van der Waals surface area (Å²) in [5, 5.41) is 0. The van der Waals surface area contributed by atoms with Crippen molar-refractivity contribution in [2.75, 3.05) is 0 Å². The minimum atomic E-state index is 0. The summed E-state index contributed by atoms with van der Waals surface area (Å²) in [5.74, 6) is 0. The van der Waals surface area contributed by atoms with Gasteiger partial charge in [-0.2, -0.15) is 0 Å². The molecule has 0 amide bonds. The van der Waals surface area contributed by atoms with E-state index in [1.54, 1.807) is 0 Å². The molecule has 0 aromatic carbocycles. The van der Waals surface area contributed by atoms with Crippen molar-refractivity contribution in [2.45, 2.75) is 0 Å². The summed E-state index contributed by atoms with van der Waals surface area (Å²) in [4.78, 5) is 32.0. The van der Waals surface area contributed by atoms with E-state index in [0.717, 1.165) is 89.7 Å². The fourth-order valence-corrected chi connectivity index (χ4v) is 5.89. The number of aromatic amines is 4. The number of hydrogen-bond donors (Lipinski definition) is 4. The van der Waals surface area contributed by atoms with Gasteiger partial charge >= 0.3 is 0 Å². The molecule has 50 heavy (non-hydrogen) atoms. The number of H-pyrrole nitrogens is 4. The maximum atomic E-state index is 4.62. The predicted molar refractivity (Wildman–Crippen MR) is 198 cm³/mol. The molecule has 4 aliphatic rings. The standard InChI is InChI=1S/2C20H14N4.2Pt/c2*1-2-14-10-16-5-6-18(23-16)12-20-8-7-19(24-20)11-17-4-3-15(22-17)9-13(1)21-14;;/h2*1-12,21-22H;;. The average Bonchev–Trinajstić information content (AvgIpc) is 3.91. The topological polar surface area (TPSA) is 115 Å². The molecular formula is C40H28N8Pt2. The van der Waals surface area contributed by atoms with Crippen molar-refractivity contribution in [3.8, 4) is 0 Å². The molecule has 0 unspecified atom stereocenters. The van der Waals surface area contributed by atoms with Crippen molar-refractivity contribution < 1.29 is 42.1 Å². The Kier molecular flexibility index (Phi) is 9.40. The van der Waals surface area contributed by atoms with E-state index in [1.165, 1.54) is 0 Å². The van der Waals surface area contributed by atoms with Gasteiger partial charge < -0.3 is 19.9 Å². The van der Waals surface area contributed by atoms with E-state index < -0.39 is 0 Å². The number of fused-ring (bicyclic) bond motifs is 16. The first-order valence-electron chi connectivity index (χ1n) is 15.7. The van der Waals surface area contributed by atoms with E-state index in [2.05, 4.69) is 101 Å². The molecule has 4 aliphatic heterocycles. The van der Waals surface area contributed by atoms with Gasteiger partial charge in [-0.05, 0) is 146 Å². The van der Waals surface area contributed by atoms with Gasteiger partial charge in [-0.1, -0.05) is 0 Å². The summed E-state index contributed by atoms with van der Waals surface area (Å²) in [5.41, 5.74) is 15.7. The molecule has 6 aromatic rings. The van der Waals surface area contributed by atoms with Gasteiger partial charge in [-0.3, -0.25) is 0 Å². The molecule has 4 N–H and O–H groups in total. The van der Waals surface area contributed by atoms with Gasteiger partial charge in [0.25, 0.3) is 0 Å². The molecule has 10 rings (SSSR count). The van der Waals surface area contributed by atoms with E-state index in [-0.39, 0.29) is 42.1 Å². The Hall–Kier alpha value is -5.42. The average molecular weight is 1010 g/mol. The van der Waals surface area contributed by atoms with Crippen LogP contribution in [0.3, 0.4) is 0 Å². The number of aromatic nitrogens is 8. The zero-order chi connectivity index (χ0) is 31.9. The molecule has 6 aromatic heterocycles. The van der Waals surface area contributed by atoms with Crippen molar-refractivity contribution in [3.63, 3.8) is 0 Å². The molecule has 0 aliphatic carbocycles. The Morgan fingerprint density at radius 1 is 0.240 bits per heavy atom. The van der Waals surface area contributed by atoms with Gasteiger partial charge in [0.1, 0.15) is 0 Å². The smallest absolute Gasteiger partial charge is 0.0659 e. The fraction of sp³-hybridized carbons (Fsp3) is 0. The van der Waals surface area contributed by atoms with Crippen LogP contribution in [0.25, 0.3) is 92.7 Å². The number of hydrogen-bond acceptors (Lipinski definition) is 4. The van der Waals surface area contributed by atoms with Crippen molar-refractivity contribution in [1.82, 2.24) is 39.9 Å². The third kappa shape index (κ3) is 7.57. The van der Waals surface area contributed by atoms with Crippen molar-refractivity contribution in [3.05, 3.63) is 143 Å². The van der Waals surface area contributed by atoms with Crippen LogP contribution < -0.4 is 0 Å². The first-order chi connectivity index (χ1) is 23.6. The molecule has 10 heteroatoms. The summed E-state index contributed by atoms with van der Waals surface area (Å²) in [6.07, 6.45) is 16.1. The molecular weight excluding hydrogens is 983 g/mol. The van der Waals surface area contributed by atoms with Gasteiger partial charge in [-0.15, -0.1) is 0 Å². The number of rotatable bonds is 0. The zero-order valence-corrected chi connectivity index (χ0v) is 30.8. The van der Waals surface area contributed by atoms with Gasteiger partial charge in [0.15, 0.2) is 0 Å². The monoisotopic (exact) mass is 1010 g/mol. The Morgan fingerprint density at radius 3 is 0.640 bits per heavy atom. The van der Waals surface area contributed by atoms with Crippen LogP contribution in [0, 0.1) is 0 Å². The van der Waals surface area contributed by atoms with Crippen LogP contribution in [0.15, 0.2) is 97.1 Å². The molecule has 0 fully saturated rings. The summed E-state index contributed by atoms with van der Waals surface area (Å²) in [7, 11) is 0. The maximum absolute atomic E-state index is 4.62. The molecule has 8 nitrogen and oxygen atoms in total. The molecule has 0 atom stereocenters. The quantitative estimate of drug-likeness (QED) is 0.121. The Bertz CT molecular complexity index is 2340. The third-order valence-corrected chi connectivity index (χ3v) is 8.08.